The lowest BCUT2D eigenvalue weighted by Gasteiger charge is -2.28. The van der Waals surface area contributed by atoms with Crippen LogP contribution in [0.4, 0.5) is 0 Å². The molecule has 0 radical (unpaired) electrons. The summed E-state index contributed by atoms with van der Waals surface area (Å²) in [5, 5.41) is 6.67. The van der Waals surface area contributed by atoms with Crippen LogP contribution in [-0.4, -0.2) is 25.0 Å². The Balaban J connectivity index is 2.16. The molecule has 2 rings (SSSR count). The molecule has 1 saturated heterocycles. The predicted octanol–water partition coefficient (Wildman–Crippen LogP) is 1.70. The largest absolute Gasteiger partial charge is 0.347 e. The Morgan fingerprint density at radius 2 is 1.93 bits per heavy atom. The van der Waals surface area contributed by atoms with Crippen LogP contribution in [0, 0.1) is 0 Å². The molecule has 1 fully saturated rings. The van der Waals surface area contributed by atoms with Crippen molar-refractivity contribution in [2.45, 2.75) is 6.04 Å². The van der Waals surface area contributed by atoms with Crippen LogP contribution in [0.5, 0.6) is 0 Å². The van der Waals surface area contributed by atoms with Crippen LogP contribution in [0.2, 0.25) is 10.0 Å². The van der Waals surface area contributed by atoms with Crippen LogP contribution in [0.15, 0.2) is 18.2 Å². The third-order valence-corrected chi connectivity index (χ3v) is 2.94. The van der Waals surface area contributed by atoms with Gasteiger partial charge in [0.05, 0.1) is 21.7 Å². The van der Waals surface area contributed by atoms with Crippen LogP contribution in [0.1, 0.15) is 10.4 Å². The number of amides is 1. The van der Waals surface area contributed by atoms with Crippen LogP contribution in [0.3, 0.4) is 0 Å². The first-order valence-corrected chi connectivity index (χ1v) is 5.39. The standard InChI is InChI=1S/C10H10Cl2N2O/c11-7-2-1-3-8(12)9(7)10(15)14-6-4-13-5-6/h1-3,6,13H,4-5H2,(H,14,15). The van der Waals surface area contributed by atoms with Gasteiger partial charge in [0.1, 0.15) is 0 Å². The Hall–Kier alpha value is -0.770. The molecule has 80 valence electrons. The Bertz CT molecular complexity index is 371. The van der Waals surface area contributed by atoms with Gasteiger partial charge in [0, 0.05) is 13.1 Å². The molecule has 1 aromatic carbocycles. The molecule has 0 aromatic heterocycles. The highest BCUT2D eigenvalue weighted by atomic mass is 35.5. The molecule has 0 unspecified atom stereocenters. The van der Waals surface area contributed by atoms with Gasteiger partial charge >= 0.3 is 0 Å². The summed E-state index contributed by atoms with van der Waals surface area (Å²) >= 11 is 11.8. The minimum Gasteiger partial charge on any atom is -0.347 e. The van der Waals surface area contributed by atoms with Crippen LogP contribution >= 0.6 is 23.2 Å². The molecule has 2 N–H and O–H groups in total. The van der Waals surface area contributed by atoms with Crippen molar-refractivity contribution in [2.75, 3.05) is 13.1 Å². The summed E-state index contributed by atoms with van der Waals surface area (Å²) in [5.74, 6) is -0.211. The highest BCUT2D eigenvalue weighted by Gasteiger charge is 2.22. The van der Waals surface area contributed by atoms with Gasteiger partial charge in [-0.15, -0.1) is 0 Å². The molecule has 1 heterocycles. The zero-order chi connectivity index (χ0) is 10.8. The normalized spacial score (nSPS) is 15.9. The third-order valence-electron chi connectivity index (χ3n) is 2.31. The van der Waals surface area contributed by atoms with Crippen molar-refractivity contribution in [2.24, 2.45) is 0 Å². The van der Waals surface area contributed by atoms with Crippen molar-refractivity contribution in [3.63, 3.8) is 0 Å². The number of hydrogen-bond donors (Lipinski definition) is 2. The number of hydrogen-bond acceptors (Lipinski definition) is 2. The van der Waals surface area contributed by atoms with Crippen molar-refractivity contribution >= 4 is 29.1 Å². The fourth-order valence-corrected chi connectivity index (χ4v) is 1.93. The smallest absolute Gasteiger partial charge is 0.254 e. The van der Waals surface area contributed by atoms with E-state index >= 15 is 0 Å². The topological polar surface area (TPSA) is 41.1 Å². The number of carbonyl (C=O) groups excluding carboxylic acids is 1. The molecule has 1 aliphatic heterocycles. The first-order valence-electron chi connectivity index (χ1n) is 4.64. The zero-order valence-corrected chi connectivity index (χ0v) is 9.40. The number of nitrogens with one attached hydrogen (secondary N) is 2. The van der Waals surface area contributed by atoms with Gasteiger partial charge in [0.15, 0.2) is 0 Å². The Morgan fingerprint density at radius 1 is 1.33 bits per heavy atom. The minimum absolute atomic E-state index is 0.185. The lowest BCUT2D eigenvalue weighted by Crippen LogP contribution is -2.57. The summed E-state index contributed by atoms with van der Waals surface area (Å²) in [5.41, 5.74) is 0.354. The van der Waals surface area contributed by atoms with Gasteiger partial charge < -0.3 is 10.6 Å². The van der Waals surface area contributed by atoms with Gasteiger partial charge in [-0.2, -0.15) is 0 Å². The second kappa shape index (κ2) is 4.39. The quantitative estimate of drug-likeness (QED) is 0.832. The van der Waals surface area contributed by atoms with E-state index in [2.05, 4.69) is 10.6 Å². The van der Waals surface area contributed by atoms with Crippen molar-refractivity contribution in [1.82, 2.24) is 10.6 Å². The van der Waals surface area contributed by atoms with Gasteiger partial charge in [-0.1, -0.05) is 29.3 Å². The van der Waals surface area contributed by atoms with Gasteiger partial charge in [-0.05, 0) is 12.1 Å². The molecular weight excluding hydrogens is 235 g/mol. The number of halogens is 2. The minimum atomic E-state index is -0.211. The molecule has 1 amide bonds. The summed E-state index contributed by atoms with van der Waals surface area (Å²) < 4.78 is 0. The van der Waals surface area contributed by atoms with Crippen molar-refractivity contribution in [3.05, 3.63) is 33.8 Å². The van der Waals surface area contributed by atoms with Crippen LogP contribution in [-0.2, 0) is 0 Å². The maximum Gasteiger partial charge on any atom is 0.254 e. The monoisotopic (exact) mass is 244 g/mol. The van der Waals surface area contributed by atoms with E-state index < -0.39 is 0 Å². The molecular formula is C10H10Cl2N2O. The third kappa shape index (κ3) is 2.25. The summed E-state index contributed by atoms with van der Waals surface area (Å²) in [4.78, 5) is 11.8. The highest BCUT2D eigenvalue weighted by Crippen LogP contribution is 2.24. The van der Waals surface area contributed by atoms with Crippen molar-refractivity contribution < 1.29 is 4.79 Å². The Labute approximate surface area is 97.8 Å². The van der Waals surface area contributed by atoms with Gasteiger partial charge in [-0.25, -0.2) is 0 Å². The molecule has 5 heteroatoms. The van der Waals surface area contributed by atoms with Gasteiger partial charge in [-0.3, -0.25) is 4.79 Å². The highest BCUT2D eigenvalue weighted by molar-refractivity contribution is 6.39. The maximum absolute atomic E-state index is 11.8. The Morgan fingerprint density at radius 3 is 2.40 bits per heavy atom. The summed E-state index contributed by atoms with van der Waals surface area (Å²) in [7, 11) is 0. The van der Waals surface area contributed by atoms with E-state index in [1.807, 2.05) is 0 Å². The molecule has 0 aliphatic carbocycles. The van der Waals surface area contributed by atoms with Crippen LogP contribution < -0.4 is 10.6 Å². The summed E-state index contributed by atoms with van der Waals surface area (Å²) in [6, 6.07) is 5.21. The van der Waals surface area contributed by atoms with Crippen molar-refractivity contribution in [3.8, 4) is 0 Å². The average molecular weight is 245 g/mol. The molecule has 0 saturated carbocycles. The molecule has 0 spiro atoms. The van der Waals surface area contributed by atoms with E-state index in [4.69, 9.17) is 23.2 Å². The second-order valence-corrected chi connectivity index (χ2v) is 4.24. The van der Waals surface area contributed by atoms with Crippen LogP contribution in [0.25, 0.3) is 0 Å². The van der Waals surface area contributed by atoms with Crippen molar-refractivity contribution in [1.29, 1.82) is 0 Å². The van der Waals surface area contributed by atoms with Gasteiger partial charge in [0.25, 0.3) is 5.91 Å². The van der Waals surface area contributed by atoms with E-state index in [1.165, 1.54) is 0 Å². The second-order valence-electron chi connectivity index (χ2n) is 3.43. The molecule has 0 bridgehead atoms. The molecule has 1 aliphatic rings. The Kier molecular flexibility index (Phi) is 3.14. The van der Waals surface area contributed by atoms with E-state index in [9.17, 15) is 4.79 Å². The van der Waals surface area contributed by atoms with E-state index in [0.717, 1.165) is 13.1 Å². The summed E-state index contributed by atoms with van der Waals surface area (Å²) in [6.07, 6.45) is 0. The predicted molar refractivity (Wildman–Crippen MR) is 60.6 cm³/mol. The van der Waals surface area contributed by atoms with Gasteiger partial charge in [0.2, 0.25) is 0 Å². The first-order chi connectivity index (χ1) is 7.18. The first kappa shape index (κ1) is 10.7. The zero-order valence-electron chi connectivity index (χ0n) is 7.89. The lowest BCUT2D eigenvalue weighted by atomic mass is 10.1. The average Bonchev–Trinajstić information content (AvgIpc) is 2.11. The number of carbonyl (C=O) groups is 1. The van der Waals surface area contributed by atoms with E-state index in [1.54, 1.807) is 18.2 Å². The summed E-state index contributed by atoms with van der Waals surface area (Å²) in [6.45, 7) is 1.60. The fourth-order valence-electron chi connectivity index (χ4n) is 1.36. The maximum atomic E-state index is 11.8. The SMILES string of the molecule is O=C(NC1CNC1)c1c(Cl)cccc1Cl. The number of rotatable bonds is 2. The van der Waals surface area contributed by atoms with E-state index in [0.29, 0.717) is 15.6 Å². The molecule has 3 nitrogen and oxygen atoms in total. The number of benzene rings is 1. The molecule has 0 atom stereocenters. The fraction of sp³-hybridized carbons (Fsp3) is 0.300. The molecule has 1 aromatic rings. The molecule has 15 heavy (non-hydrogen) atoms. The van der Waals surface area contributed by atoms with E-state index in [-0.39, 0.29) is 11.9 Å². The lowest BCUT2D eigenvalue weighted by molar-refractivity contribution is 0.0924.